The highest BCUT2D eigenvalue weighted by molar-refractivity contribution is 5.60. The van der Waals surface area contributed by atoms with Gasteiger partial charge in [0.2, 0.25) is 5.79 Å². The molecule has 3 aliphatic heterocycles. The zero-order valence-electron chi connectivity index (χ0n) is 15.1. The van der Waals surface area contributed by atoms with E-state index in [1.165, 1.54) is 18.2 Å². The van der Waals surface area contributed by atoms with E-state index in [9.17, 15) is 30.6 Å². The van der Waals surface area contributed by atoms with E-state index in [1.54, 1.807) is 6.07 Å². The molecule has 0 amide bonds. The number of fused-ring (bicyclic) bond motifs is 2. The number of aliphatic hydroxyl groups is 3. The molecule has 2 aromatic rings. The number of phenols is 3. The van der Waals surface area contributed by atoms with Gasteiger partial charge < -0.3 is 44.8 Å². The number of rotatable bonds is 1. The van der Waals surface area contributed by atoms with Crippen LogP contribution in [0, 0.1) is 0 Å². The molecule has 154 valence electrons. The molecule has 9 heteroatoms. The average molecular weight is 404 g/mol. The molecule has 0 unspecified atom stereocenters. The SMILES string of the molecule is Oc1ccc([C@H]2Oc3cc4c(c(O)c3C[C@@H]2O)C[C@]2(OC[C@@H](O)[C@@H]2O)O4)cc1O. The van der Waals surface area contributed by atoms with Gasteiger partial charge in [-0.25, -0.2) is 0 Å². The molecular weight excluding hydrogens is 384 g/mol. The summed E-state index contributed by atoms with van der Waals surface area (Å²) in [7, 11) is 0. The molecule has 0 saturated carbocycles. The number of aromatic hydroxyl groups is 3. The molecule has 1 saturated heterocycles. The lowest BCUT2D eigenvalue weighted by molar-refractivity contribution is -0.182. The van der Waals surface area contributed by atoms with Crippen molar-refractivity contribution in [1.82, 2.24) is 0 Å². The van der Waals surface area contributed by atoms with Crippen LogP contribution in [-0.2, 0) is 17.6 Å². The van der Waals surface area contributed by atoms with E-state index in [4.69, 9.17) is 14.2 Å². The molecule has 0 radical (unpaired) electrons. The standard InChI is InChI=1S/C20H20O9/c21-11-2-1-8(3-12(11)22)18-13(23)4-9-15(28-18)5-16-10(17(9)25)6-20(29-16)19(26)14(24)7-27-20/h1-3,5,13-14,18-19,21-26H,4,6-7H2/t13-,14+,18+,19-,20-/m0/s1. The fourth-order valence-corrected chi connectivity index (χ4v) is 4.22. The first-order chi connectivity index (χ1) is 13.8. The van der Waals surface area contributed by atoms with Gasteiger partial charge in [0.05, 0.1) is 12.7 Å². The van der Waals surface area contributed by atoms with Crippen LogP contribution in [-0.4, -0.2) is 61.3 Å². The first kappa shape index (κ1) is 18.3. The van der Waals surface area contributed by atoms with Crippen molar-refractivity contribution < 1.29 is 44.8 Å². The lowest BCUT2D eigenvalue weighted by Gasteiger charge is -2.31. The molecule has 5 rings (SSSR count). The van der Waals surface area contributed by atoms with Crippen molar-refractivity contribution in [2.45, 2.75) is 43.0 Å². The molecule has 9 nitrogen and oxygen atoms in total. The molecular formula is C20H20O9. The Kier molecular flexibility index (Phi) is 3.88. The predicted molar refractivity (Wildman–Crippen MR) is 96.0 cm³/mol. The predicted octanol–water partition coefficient (Wildman–Crippen LogP) is 0.224. The Bertz CT molecular complexity index is 990. The second-order valence-corrected chi connectivity index (χ2v) is 7.65. The summed E-state index contributed by atoms with van der Waals surface area (Å²) in [5.41, 5.74) is 1.26. The minimum Gasteiger partial charge on any atom is -0.507 e. The van der Waals surface area contributed by atoms with Gasteiger partial charge in [0.15, 0.2) is 11.5 Å². The van der Waals surface area contributed by atoms with Crippen molar-refractivity contribution in [3.8, 4) is 28.7 Å². The largest absolute Gasteiger partial charge is 0.507 e. The average Bonchev–Trinajstić information content (AvgIpc) is 3.20. The number of hydrogen-bond donors (Lipinski definition) is 6. The highest BCUT2D eigenvalue weighted by Crippen LogP contribution is 2.51. The van der Waals surface area contributed by atoms with E-state index >= 15 is 0 Å². The fourth-order valence-electron chi connectivity index (χ4n) is 4.22. The Labute approximate surface area is 164 Å². The van der Waals surface area contributed by atoms with Crippen LogP contribution < -0.4 is 9.47 Å². The molecule has 2 aromatic carbocycles. The van der Waals surface area contributed by atoms with Crippen LogP contribution in [0.15, 0.2) is 24.3 Å². The van der Waals surface area contributed by atoms with Crippen LogP contribution in [0.2, 0.25) is 0 Å². The third-order valence-electron chi connectivity index (χ3n) is 5.79. The second kappa shape index (κ2) is 6.14. The molecule has 3 aliphatic rings. The quantitative estimate of drug-likeness (QED) is 0.367. The van der Waals surface area contributed by atoms with Crippen molar-refractivity contribution in [1.29, 1.82) is 0 Å². The van der Waals surface area contributed by atoms with Gasteiger partial charge in [0.25, 0.3) is 0 Å². The van der Waals surface area contributed by atoms with Gasteiger partial charge >= 0.3 is 0 Å². The Morgan fingerprint density at radius 2 is 1.69 bits per heavy atom. The van der Waals surface area contributed by atoms with Crippen LogP contribution in [0.5, 0.6) is 28.7 Å². The summed E-state index contributed by atoms with van der Waals surface area (Å²) in [6.45, 7) is -0.0860. The van der Waals surface area contributed by atoms with Crippen LogP contribution in [0.25, 0.3) is 0 Å². The molecule has 6 N–H and O–H groups in total. The zero-order chi connectivity index (χ0) is 20.5. The Morgan fingerprint density at radius 1 is 0.897 bits per heavy atom. The van der Waals surface area contributed by atoms with Crippen molar-refractivity contribution in [2.24, 2.45) is 0 Å². The summed E-state index contributed by atoms with van der Waals surface area (Å²) >= 11 is 0. The van der Waals surface area contributed by atoms with Gasteiger partial charge in [0.1, 0.15) is 35.6 Å². The highest BCUT2D eigenvalue weighted by atomic mass is 16.7. The monoisotopic (exact) mass is 404 g/mol. The van der Waals surface area contributed by atoms with Crippen molar-refractivity contribution in [3.63, 3.8) is 0 Å². The Hall–Kier alpha value is -2.72. The Balaban J connectivity index is 1.50. The van der Waals surface area contributed by atoms with Gasteiger partial charge in [-0.05, 0) is 17.7 Å². The van der Waals surface area contributed by atoms with Crippen molar-refractivity contribution in [2.75, 3.05) is 6.61 Å². The highest BCUT2D eigenvalue weighted by Gasteiger charge is 2.56. The molecule has 29 heavy (non-hydrogen) atoms. The molecule has 1 fully saturated rings. The summed E-state index contributed by atoms with van der Waals surface area (Å²) in [5, 5.41) is 60.6. The van der Waals surface area contributed by atoms with Crippen LogP contribution >= 0.6 is 0 Å². The van der Waals surface area contributed by atoms with Gasteiger partial charge in [-0.3, -0.25) is 0 Å². The number of aliphatic hydroxyl groups excluding tert-OH is 3. The first-order valence-electron chi connectivity index (χ1n) is 9.22. The summed E-state index contributed by atoms with van der Waals surface area (Å²) in [6, 6.07) is 5.68. The Morgan fingerprint density at radius 3 is 2.38 bits per heavy atom. The molecule has 1 spiro atoms. The van der Waals surface area contributed by atoms with Crippen LogP contribution in [0.4, 0.5) is 0 Å². The minimum atomic E-state index is -1.47. The molecule has 5 atom stereocenters. The third kappa shape index (κ3) is 2.62. The maximum atomic E-state index is 10.8. The summed E-state index contributed by atoms with van der Waals surface area (Å²) in [4.78, 5) is 0. The molecule has 0 aromatic heterocycles. The third-order valence-corrected chi connectivity index (χ3v) is 5.79. The van der Waals surface area contributed by atoms with Gasteiger partial charge in [-0.15, -0.1) is 0 Å². The maximum Gasteiger partial charge on any atom is 0.243 e. The number of hydrogen-bond acceptors (Lipinski definition) is 9. The van der Waals surface area contributed by atoms with Gasteiger partial charge in [0, 0.05) is 30.0 Å². The lowest BCUT2D eigenvalue weighted by atomic mass is 9.91. The van der Waals surface area contributed by atoms with Crippen LogP contribution in [0.3, 0.4) is 0 Å². The fraction of sp³-hybridized carbons (Fsp3) is 0.400. The van der Waals surface area contributed by atoms with E-state index < -0.39 is 30.2 Å². The maximum absolute atomic E-state index is 10.8. The van der Waals surface area contributed by atoms with E-state index in [2.05, 4.69) is 0 Å². The second-order valence-electron chi connectivity index (χ2n) is 7.65. The summed E-state index contributed by atoms with van der Waals surface area (Å²) in [5.74, 6) is -1.66. The number of ether oxygens (including phenoxy) is 3. The zero-order valence-corrected chi connectivity index (χ0v) is 15.1. The van der Waals surface area contributed by atoms with Gasteiger partial charge in [-0.2, -0.15) is 0 Å². The molecule has 3 heterocycles. The topological polar surface area (TPSA) is 149 Å². The normalized spacial score (nSPS) is 32.5. The van der Waals surface area contributed by atoms with E-state index in [0.717, 1.165) is 0 Å². The van der Waals surface area contributed by atoms with Crippen molar-refractivity contribution >= 4 is 0 Å². The smallest absolute Gasteiger partial charge is 0.243 e. The van der Waals surface area contributed by atoms with Crippen molar-refractivity contribution in [3.05, 3.63) is 41.0 Å². The number of phenolic OH excluding ortho intramolecular Hbond substituents is 3. The molecule has 0 bridgehead atoms. The first-order valence-corrected chi connectivity index (χ1v) is 9.22. The lowest BCUT2D eigenvalue weighted by Crippen LogP contribution is -2.47. The molecule has 0 aliphatic carbocycles. The van der Waals surface area contributed by atoms with Crippen LogP contribution in [0.1, 0.15) is 22.8 Å². The van der Waals surface area contributed by atoms with E-state index in [0.29, 0.717) is 16.7 Å². The van der Waals surface area contributed by atoms with Gasteiger partial charge in [-0.1, -0.05) is 6.07 Å². The number of benzene rings is 2. The van der Waals surface area contributed by atoms with E-state index in [-0.39, 0.29) is 48.2 Å². The summed E-state index contributed by atoms with van der Waals surface area (Å²) < 4.78 is 17.2. The minimum absolute atomic E-state index is 0.0467. The summed E-state index contributed by atoms with van der Waals surface area (Å²) in [6.07, 6.45) is -4.08. The van der Waals surface area contributed by atoms with E-state index in [1.807, 2.05) is 0 Å².